The van der Waals surface area contributed by atoms with Crippen molar-refractivity contribution in [2.75, 3.05) is 26.2 Å². The summed E-state index contributed by atoms with van der Waals surface area (Å²) in [7, 11) is 0. The van der Waals surface area contributed by atoms with Crippen LogP contribution in [0.5, 0.6) is 0 Å². The summed E-state index contributed by atoms with van der Waals surface area (Å²) in [6.07, 6.45) is 6.33. The fraction of sp³-hybridized carbons (Fsp3) is 0.375. The highest BCUT2D eigenvalue weighted by Gasteiger charge is 2.24. The van der Waals surface area contributed by atoms with Crippen LogP contribution in [0.25, 0.3) is 0 Å². The maximum Gasteiger partial charge on any atom is 0.289 e. The number of nitrogens with zero attached hydrogens (tertiary/aromatic N) is 2. The Bertz CT molecular complexity index is 619. The summed E-state index contributed by atoms with van der Waals surface area (Å²) in [5, 5.41) is 0. The van der Waals surface area contributed by atoms with Gasteiger partial charge >= 0.3 is 0 Å². The van der Waals surface area contributed by atoms with Crippen molar-refractivity contribution in [1.29, 1.82) is 0 Å². The molecule has 1 saturated heterocycles. The molecule has 0 unspecified atom stereocenters. The molecule has 3 heterocycles. The maximum atomic E-state index is 12.3. The monoisotopic (exact) mass is 301 g/mol. The van der Waals surface area contributed by atoms with Crippen molar-refractivity contribution in [3.63, 3.8) is 0 Å². The molecular formula is C16H19N3O3. The predicted octanol–water partition coefficient (Wildman–Crippen LogP) is 1.52. The van der Waals surface area contributed by atoms with E-state index in [9.17, 15) is 9.59 Å². The average molecular weight is 301 g/mol. The molecule has 2 aromatic heterocycles. The molecule has 0 spiro atoms. The van der Waals surface area contributed by atoms with Gasteiger partial charge in [-0.15, -0.1) is 0 Å². The van der Waals surface area contributed by atoms with Crippen molar-refractivity contribution in [2.45, 2.75) is 12.8 Å². The minimum atomic E-state index is -0.107. The van der Waals surface area contributed by atoms with Gasteiger partial charge in [0.25, 0.3) is 5.91 Å². The van der Waals surface area contributed by atoms with Gasteiger partial charge in [-0.05, 0) is 30.2 Å². The lowest BCUT2D eigenvalue weighted by Crippen LogP contribution is -2.37. The van der Waals surface area contributed by atoms with Crippen LogP contribution < -0.4 is 0 Å². The minimum Gasteiger partial charge on any atom is -0.459 e. The molecule has 0 radical (unpaired) electrons. The summed E-state index contributed by atoms with van der Waals surface area (Å²) in [5.41, 5.74) is 0.984. The summed E-state index contributed by atoms with van der Waals surface area (Å²) < 4.78 is 5.16. The summed E-state index contributed by atoms with van der Waals surface area (Å²) in [6.45, 7) is 2.44. The van der Waals surface area contributed by atoms with Crippen molar-refractivity contribution in [3.05, 3.63) is 48.2 Å². The quantitative estimate of drug-likeness (QED) is 0.934. The molecule has 1 aliphatic rings. The highest BCUT2D eigenvalue weighted by atomic mass is 16.3. The molecule has 2 amide bonds. The van der Waals surface area contributed by atoms with Crippen LogP contribution in [0.2, 0.25) is 0 Å². The van der Waals surface area contributed by atoms with Crippen LogP contribution in [0.3, 0.4) is 0 Å². The van der Waals surface area contributed by atoms with E-state index in [-0.39, 0.29) is 11.8 Å². The smallest absolute Gasteiger partial charge is 0.289 e. The fourth-order valence-corrected chi connectivity index (χ4v) is 2.68. The van der Waals surface area contributed by atoms with E-state index in [1.54, 1.807) is 17.0 Å². The number of hydrogen-bond acceptors (Lipinski definition) is 3. The molecule has 0 aliphatic carbocycles. The Labute approximate surface area is 128 Å². The van der Waals surface area contributed by atoms with Crippen molar-refractivity contribution in [1.82, 2.24) is 14.8 Å². The molecule has 0 bridgehead atoms. The minimum absolute atomic E-state index is 0.104. The average Bonchev–Trinajstić information content (AvgIpc) is 3.16. The first-order valence-corrected chi connectivity index (χ1v) is 7.46. The lowest BCUT2D eigenvalue weighted by Gasteiger charge is -2.21. The first-order valence-electron chi connectivity index (χ1n) is 7.46. The van der Waals surface area contributed by atoms with Gasteiger partial charge in [-0.25, -0.2) is 0 Å². The largest absolute Gasteiger partial charge is 0.459 e. The summed E-state index contributed by atoms with van der Waals surface area (Å²) in [5.74, 6) is 0.351. The maximum absolute atomic E-state index is 12.3. The number of aromatic amines is 1. The van der Waals surface area contributed by atoms with Crippen molar-refractivity contribution >= 4 is 11.8 Å². The molecule has 22 heavy (non-hydrogen) atoms. The lowest BCUT2D eigenvalue weighted by molar-refractivity contribution is -0.130. The van der Waals surface area contributed by atoms with Crippen LogP contribution in [0, 0.1) is 0 Å². The number of hydrogen-bond donors (Lipinski definition) is 1. The van der Waals surface area contributed by atoms with Crippen LogP contribution >= 0.6 is 0 Å². The second-order valence-electron chi connectivity index (χ2n) is 5.40. The number of aromatic nitrogens is 1. The second kappa shape index (κ2) is 6.51. The Kier molecular flexibility index (Phi) is 4.27. The standard InChI is InChI=1S/C16H19N3O3/c20-15(11-13-4-5-17-12-13)18-6-2-7-19(9-8-18)16(21)14-3-1-10-22-14/h1,3-5,10,12,17H,2,6-9,11H2. The van der Waals surface area contributed by atoms with E-state index in [2.05, 4.69) is 4.98 Å². The van der Waals surface area contributed by atoms with Gasteiger partial charge in [-0.1, -0.05) is 0 Å². The molecule has 1 fully saturated rings. The lowest BCUT2D eigenvalue weighted by atomic mass is 10.2. The zero-order valence-electron chi connectivity index (χ0n) is 12.3. The van der Waals surface area contributed by atoms with Gasteiger partial charge in [0.05, 0.1) is 12.7 Å². The van der Waals surface area contributed by atoms with Crippen LogP contribution in [-0.4, -0.2) is 52.8 Å². The third kappa shape index (κ3) is 3.21. The number of carbonyl (C=O) groups is 2. The number of furan rings is 1. The van der Waals surface area contributed by atoms with Gasteiger partial charge in [0, 0.05) is 38.6 Å². The van der Waals surface area contributed by atoms with Gasteiger partial charge in [0.1, 0.15) is 0 Å². The summed E-state index contributed by atoms with van der Waals surface area (Å²) >= 11 is 0. The SMILES string of the molecule is O=C(Cc1cc[nH]c1)N1CCCN(C(=O)c2ccco2)CC1. The first kappa shape index (κ1) is 14.4. The third-order valence-corrected chi connectivity index (χ3v) is 3.89. The Balaban J connectivity index is 1.57. The van der Waals surface area contributed by atoms with Gasteiger partial charge in [0.15, 0.2) is 5.76 Å². The molecular weight excluding hydrogens is 282 g/mol. The predicted molar refractivity (Wildman–Crippen MR) is 80.3 cm³/mol. The van der Waals surface area contributed by atoms with Crippen LogP contribution in [0.15, 0.2) is 41.3 Å². The van der Waals surface area contributed by atoms with Crippen LogP contribution in [0.1, 0.15) is 22.5 Å². The molecule has 1 aliphatic heterocycles. The topological polar surface area (TPSA) is 69.6 Å². The van der Waals surface area contributed by atoms with E-state index in [0.29, 0.717) is 38.4 Å². The number of amides is 2. The van der Waals surface area contributed by atoms with Gasteiger partial charge in [-0.3, -0.25) is 9.59 Å². The highest BCUT2D eigenvalue weighted by Crippen LogP contribution is 2.11. The fourth-order valence-electron chi connectivity index (χ4n) is 2.68. The third-order valence-electron chi connectivity index (χ3n) is 3.89. The highest BCUT2D eigenvalue weighted by molar-refractivity contribution is 5.91. The molecule has 0 atom stereocenters. The van der Waals surface area contributed by atoms with E-state index in [4.69, 9.17) is 4.42 Å². The van der Waals surface area contributed by atoms with Crippen LogP contribution in [0.4, 0.5) is 0 Å². The Morgan fingerprint density at radius 1 is 1.14 bits per heavy atom. The number of carbonyl (C=O) groups excluding carboxylic acids is 2. The zero-order valence-corrected chi connectivity index (χ0v) is 12.3. The summed E-state index contributed by atoms with van der Waals surface area (Å²) in [6, 6.07) is 5.28. The normalized spacial score (nSPS) is 15.6. The Morgan fingerprint density at radius 3 is 2.68 bits per heavy atom. The number of H-pyrrole nitrogens is 1. The van der Waals surface area contributed by atoms with E-state index in [0.717, 1.165) is 12.0 Å². The van der Waals surface area contributed by atoms with E-state index >= 15 is 0 Å². The summed E-state index contributed by atoms with van der Waals surface area (Å²) in [4.78, 5) is 31.1. The van der Waals surface area contributed by atoms with Gasteiger partial charge in [-0.2, -0.15) is 0 Å². The second-order valence-corrected chi connectivity index (χ2v) is 5.40. The van der Waals surface area contributed by atoms with Gasteiger partial charge < -0.3 is 19.2 Å². The van der Waals surface area contributed by atoms with Crippen LogP contribution in [-0.2, 0) is 11.2 Å². The molecule has 0 saturated carbocycles. The molecule has 6 nitrogen and oxygen atoms in total. The Morgan fingerprint density at radius 2 is 1.95 bits per heavy atom. The zero-order chi connectivity index (χ0) is 15.4. The van der Waals surface area contributed by atoms with E-state index in [1.807, 2.05) is 23.4 Å². The van der Waals surface area contributed by atoms with Crippen molar-refractivity contribution < 1.29 is 14.0 Å². The Hall–Kier alpha value is -2.50. The molecule has 3 rings (SSSR count). The molecule has 116 valence electrons. The molecule has 6 heteroatoms. The first-order chi connectivity index (χ1) is 10.7. The number of rotatable bonds is 3. The van der Waals surface area contributed by atoms with Crippen molar-refractivity contribution in [3.8, 4) is 0 Å². The van der Waals surface area contributed by atoms with Gasteiger partial charge in [0.2, 0.25) is 5.91 Å². The van der Waals surface area contributed by atoms with E-state index in [1.165, 1.54) is 6.26 Å². The molecule has 0 aromatic carbocycles. The molecule has 2 aromatic rings. The number of nitrogens with one attached hydrogen (secondary N) is 1. The van der Waals surface area contributed by atoms with E-state index < -0.39 is 0 Å². The molecule has 1 N–H and O–H groups in total. The van der Waals surface area contributed by atoms with Crippen molar-refractivity contribution in [2.24, 2.45) is 0 Å².